The van der Waals surface area contributed by atoms with Gasteiger partial charge in [-0.05, 0) is 41.3 Å². The molecule has 0 aliphatic heterocycles. The van der Waals surface area contributed by atoms with E-state index in [9.17, 15) is 18.0 Å². The fourth-order valence-corrected chi connectivity index (χ4v) is 4.72. The van der Waals surface area contributed by atoms with Gasteiger partial charge >= 0.3 is 6.18 Å². The van der Waals surface area contributed by atoms with E-state index in [0.717, 1.165) is 23.6 Å². The summed E-state index contributed by atoms with van der Waals surface area (Å²) < 4.78 is 39.8. The van der Waals surface area contributed by atoms with E-state index >= 15 is 0 Å². The SMILES string of the molecule is C#C.CC1CCCCC1.O=C(CNc1cc(-n2ccnc2)nc(NCc2cccc(Cl)c2)n1)NCc1ccc(C(F)(F)F)cc1. The van der Waals surface area contributed by atoms with Gasteiger partial charge in [0, 0.05) is 36.6 Å². The van der Waals surface area contributed by atoms with Crippen LogP contribution in [0.4, 0.5) is 24.9 Å². The first kappa shape index (κ1) is 34.9. The van der Waals surface area contributed by atoms with Gasteiger partial charge in [0.1, 0.15) is 18.0 Å². The van der Waals surface area contributed by atoms with Gasteiger partial charge in [-0.2, -0.15) is 23.1 Å². The van der Waals surface area contributed by atoms with Crippen LogP contribution < -0.4 is 16.0 Å². The van der Waals surface area contributed by atoms with E-state index in [1.165, 1.54) is 44.2 Å². The Kier molecular flexibility index (Phi) is 13.7. The summed E-state index contributed by atoms with van der Waals surface area (Å²) in [5, 5.41) is 9.38. The normalized spacial score (nSPS) is 13.0. The molecule has 1 aliphatic rings. The molecule has 12 heteroatoms. The van der Waals surface area contributed by atoms with E-state index in [2.05, 4.69) is 50.7 Å². The van der Waals surface area contributed by atoms with Crippen molar-refractivity contribution in [3.63, 3.8) is 0 Å². The second-order valence-corrected chi connectivity index (χ2v) is 10.9. The molecule has 2 aromatic heterocycles. The number of alkyl halides is 3. The molecule has 3 N–H and O–H groups in total. The van der Waals surface area contributed by atoms with Crippen LogP contribution in [-0.2, 0) is 24.1 Å². The Morgan fingerprint density at radius 2 is 1.71 bits per heavy atom. The number of hydrogen-bond acceptors (Lipinski definition) is 6. The number of imidazole rings is 1. The van der Waals surface area contributed by atoms with Crippen molar-refractivity contribution in [2.45, 2.75) is 58.3 Å². The molecular formula is C33H37ClF3N7O. The molecule has 1 saturated carbocycles. The zero-order chi connectivity index (χ0) is 32.7. The maximum absolute atomic E-state index is 12.7. The summed E-state index contributed by atoms with van der Waals surface area (Å²) in [6, 6.07) is 13.7. The molecular weight excluding hydrogens is 603 g/mol. The maximum atomic E-state index is 12.7. The molecule has 1 fully saturated rings. The van der Waals surface area contributed by atoms with Crippen molar-refractivity contribution in [3.05, 3.63) is 95.0 Å². The molecule has 0 spiro atoms. The maximum Gasteiger partial charge on any atom is 0.416 e. The first-order valence-electron chi connectivity index (χ1n) is 14.5. The van der Waals surface area contributed by atoms with Gasteiger partial charge in [0.2, 0.25) is 11.9 Å². The molecule has 0 bridgehead atoms. The number of aromatic nitrogens is 4. The Hall–Kier alpha value is -4.56. The van der Waals surface area contributed by atoms with Crippen LogP contribution in [0.3, 0.4) is 0 Å². The molecule has 2 aromatic carbocycles. The topological polar surface area (TPSA) is 96.8 Å². The summed E-state index contributed by atoms with van der Waals surface area (Å²) >= 11 is 6.04. The first-order chi connectivity index (χ1) is 21.7. The van der Waals surface area contributed by atoms with Crippen molar-refractivity contribution in [1.82, 2.24) is 24.8 Å². The summed E-state index contributed by atoms with van der Waals surface area (Å²) in [6.07, 6.45) is 16.0. The highest BCUT2D eigenvalue weighted by Crippen LogP contribution is 2.29. The average Bonchev–Trinajstić information content (AvgIpc) is 3.59. The average molecular weight is 640 g/mol. The van der Waals surface area contributed by atoms with Crippen molar-refractivity contribution < 1.29 is 18.0 Å². The number of carbonyl (C=O) groups excluding carboxylic acids is 1. The predicted octanol–water partition coefficient (Wildman–Crippen LogP) is 7.51. The van der Waals surface area contributed by atoms with E-state index in [-0.39, 0.29) is 19.0 Å². The number of terminal acetylenes is 1. The lowest BCUT2D eigenvalue weighted by atomic mass is 9.91. The van der Waals surface area contributed by atoms with Gasteiger partial charge < -0.3 is 16.0 Å². The Balaban J connectivity index is 0.000000534. The molecule has 4 aromatic rings. The van der Waals surface area contributed by atoms with Crippen LogP contribution in [0.1, 0.15) is 55.7 Å². The zero-order valence-electron chi connectivity index (χ0n) is 25.0. The third-order valence-electron chi connectivity index (χ3n) is 6.92. The van der Waals surface area contributed by atoms with Crippen LogP contribution in [0.5, 0.6) is 0 Å². The van der Waals surface area contributed by atoms with Crippen molar-refractivity contribution in [3.8, 4) is 18.7 Å². The number of nitrogens with zero attached hydrogens (tertiary/aromatic N) is 4. The second-order valence-electron chi connectivity index (χ2n) is 10.5. The van der Waals surface area contributed by atoms with Gasteiger partial charge in [-0.3, -0.25) is 9.36 Å². The van der Waals surface area contributed by atoms with Crippen LogP contribution >= 0.6 is 11.6 Å². The van der Waals surface area contributed by atoms with E-state index in [0.29, 0.717) is 34.7 Å². The number of benzene rings is 2. The Morgan fingerprint density at radius 1 is 0.978 bits per heavy atom. The van der Waals surface area contributed by atoms with E-state index < -0.39 is 11.7 Å². The van der Waals surface area contributed by atoms with Crippen LogP contribution in [0.25, 0.3) is 5.82 Å². The lowest BCUT2D eigenvalue weighted by Gasteiger charge is -2.15. The summed E-state index contributed by atoms with van der Waals surface area (Å²) in [6.45, 7) is 2.78. The number of carbonyl (C=O) groups is 1. The minimum atomic E-state index is -4.40. The largest absolute Gasteiger partial charge is 0.416 e. The van der Waals surface area contributed by atoms with Crippen molar-refractivity contribution in [2.75, 3.05) is 17.2 Å². The lowest BCUT2D eigenvalue weighted by molar-refractivity contribution is -0.137. The van der Waals surface area contributed by atoms with Gasteiger partial charge in [-0.1, -0.05) is 74.9 Å². The predicted molar refractivity (Wildman–Crippen MR) is 172 cm³/mol. The molecule has 0 atom stereocenters. The minimum Gasteiger partial charge on any atom is -0.361 e. The number of halogens is 4. The first-order valence-corrected chi connectivity index (χ1v) is 14.9. The van der Waals surface area contributed by atoms with Gasteiger partial charge in [0.15, 0.2) is 0 Å². The molecule has 45 heavy (non-hydrogen) atoms. The fraction of sp³-hybridized carbons (Fsp3) is 0.333. The number of amides is 1. The number of rotatable bonds is 9. The molecule has 0 saturated heterocycles. The highest BCUT2D eigenvalue weighted by atomic mass is 35.5. The highest BCUT2D eigenvalue weighted by molar-refractivity contribution is 6.30. The van der Waals surface area contributed by atoms with E-state index in [4.69, 9.17) is 11.6 Å². The number of nitrogens with one attached hydrogen (secondary N) is 3. The van der Waals surface area contributed by atoms with Gasteiger partial charge in [0.05, 0.1) is 12.1 Å². The quantitative estimate of drug-likeness (QED) is 0.164. The lowest BCUT2D eigenvalue weighted by Crippen LogP contribution is -2.29. The molecule has 0 unspecified atom stereocenters. The molecule has 8 nitrogen and oxygen atoms in total. The number of anilines is 2. The van der Waals surface area contributed by atoms with Gasteiger partial charge in [-0.25, -0.2) is 4.98 Å². The highest BCUT2D eigenvalue weighted by Gasteiger charge is 2.29. The summed E-state index contributed by atoms with van der Waals surface area (Å²) in [5.74, 6) is 1.93. The smallest absolute Gasteiger partial charge is 0.361 e. The second kappa shape index (κ2) is 17.7. The van der Waals surface area contributed by atoms with Gasteiger partial charge in [-0.15, -0.1) is 12.8 Å². The summed E-state index contributed by atoms with van der Waals surface area (Å²) in [4.78, 5) is 25.2. The van der Waals surface area contributed by atoms with Gasteiger partial charge in [0.25, 0.3) is 0 Å². The molecule has 1 amide bonds. The van der Waals surface area contributed by atoms with Crippen molar-refractivity contribution in [2.24, 2.45) is 5.92 Å². The third kappa shape index (κ3) is 12.2. The van der Waals surface area contributed by atoms with Crippen LogP contribution in [0, 0.1) is 18.8 Å². The molecule has 238 valence electrons. The van der Waals surface area contributed by atoms with Crippen LogP contribution in [0.2, 0.25) is 5.02 Å². The zero-order valence-corrected chi connectivity index (χ0v) is 25.8. The standard InChI is InChI=1S/C24H21ClF3N7O.C7H14.C2H2/c25-19-3-1-2-17(10-19)13-32-23-33-20(11-21(34-23)35-9-8-29-15-35)30-14-22(36)31-12-16-4-6-18(7-5-16)24(26,27)28;1-7-5-3-2-4-6-7;1-2/h1-11,15H,12-14H2,(H,31,36)(H2,30,32,33,34);7H,2-6H2,1H3;1-2H. The van der Waals surface area contributed by atoms with Crippen LogP contribution in [0.15, 0.2) is 73.3 Å². The summed E-state index contributed by atoms with van der Waals surface area (Å²) in [5.41, 5.74) is 0.751. The van der Waals surface area contributed by atoms with E-state index in [1.54, 1.807) is 35.4 Å². The van der Waals surface area contributed by atoms with Crippen molar-refractivity contribution >= 4 is 29.3 Å². The van der Waals surface area contributed by atoms with Crippen molar-refractivity contribution in [1.29, 1.82) is 0 Å². The molecule has 5 rings (SSSR count). The monoisotopic (exact) mass is 639 g/mol. The Bertz CT molecular complexity index is 1490. The molecule has 1 aliphatic carbocycles. The Labute approximate surface area is 266 Å². The number of hydrogen-bond donors (Lipinski definition) is 3. The van der Waals surface area contributed by atoms with E-state index in [1.807, 2.05) is 18.2 Å². The molecule has 0 radical (unpaired) electrons. The summed E-state index contributed by atoms with van der Waals surface area (Å²) in [7, 11) is 0. The minimum absolute atomic E-state index is 0.0924. The Morgan fingerprint density at radius 3 is 2.31 bits per heavy atom. The molecule has 2 heterocycles. The van der Waals surface area contributed by atoms with Crippen LogP contribution in [-0.4, -0.2) is 32.0 Å². The third-order valence-corrected chi connectivity index (χ3v) is 7.15. The fourth-order valence-electron chi connectivity index (χ4n) is 4.51.